The fraction of sp³-hybridized carbons (Fsp3) is 0.429. The molecular weight excluding hydrogens is 342 g/mol. The summed E-state index contributed by atoms with van der Waals surface area (Å²) in [6.45, 7) is 6.40. The minimum atomic E-state index is -0.105. The van der Waals surface area contributed by atoms with Crippen LogP contribution in [0.3, 0.4) is 0 Å². The molecule has 2 aromatic rings. The van der Waals surface area contributed by atoms with Crippen molar-refractivity contribution < 1.29 is 14.3 Å². The van der Waals surface area contributed by atoms with E-state index in [1.807, 2.05) is 36.4 Å². The lowest BCUT2D eigenvalue weighted by molar-refractivity contribution is 0.0950. The van der Waals surface area contributed by atoms with E-state index in [2.05, 4.69) is 22.1 Å². The van der Waals surface area contributed by atoms with Gasteiger partial charge in [-0.2, -0.15) is 0 Å². The third kappa shape index (κ3) is 5.44. The Morgan fingerprint density at radius 1 is 1.22 bits per heavy atom. The largest absolute Gasteiger partial charge is 0.477 e. The molecule has 0 radical (unpaired) electrons. The number of anilines is 1. The molecule has 0 spiro atoms. The molecule has 0 aliphatic carbocycles. The highest BCUT2D eigenvalue weighted by Crippen LogP contribution is 2.18. The van der Waals surface area contributed by atoms with Gasteiger partial charge in [0.05, 0.1) is 19.8 Å². The second-order valence-corrected chi connectivity index (χ2v) is 6.50. The molecule has 1 aliphatic heterocycles. The number of nitrogens with zero attached hydrogens (tertiary/aromatic N) is 2. The van der Waals surface area contributed by atoms with Gasteiger partial charge < -0.3 is 19.7 Å². The molecule has 144 valence electrons. The summed E-state index contributed by atoms with van der Waals surface area (Å²) in [5, 5.41) is 2.95. The molecule has 6 heteroatoms. The number of carbonyl (C=O) groups excluding carboxylic acids is 1. The molecule has 1 amide bonds. The first-order chi connectivity index (χ1) is 13.3. The zero-order valence-corrected chi connectivity index (χ0v) is 15.8. The van der Waals surface area contributed by atoms with Crippen molar-refractivity contribution in [3.05, 3.63) is 53.7 Å². The molecule has 2 heterocycles. The number of morpholine rings is 1. The maximum Gasteiger partial charge on any atom is 0.251 e. The molecule has 27 heavy (non-hydrogen) atoms. The Balaban J connectivity index is 1.56. The van der Waals surface area contributed by atoms with Gasteiger partial charge >= 0.3 is 0 Å². The van der Waals surface area contributed by atoms with Gasteiger partial charge in [-0.15, -0.1) is 0 Å². The number of hydrogen-bond acceptors (Lipinski definition) is 5. The molecule has 1 aromatic heterocycles. The summed E-state index contributed by atoms with van der Waals surface area (Å²) in [6.07, 6.45) is 3.76. The molecule has 0 saturated carbocycles. The van der Waals surface area contributed by atoms with Crippen LogP contribution in [0.4, 0.5) is 5.69 Å². The van der Waals surface area contributed by atoms with Crippen LogP contribution in [0.25, 0.3) is 0 Å². The third-order valence-corrected chi connectivity index (χ3v) is 4.53. The summed E-state index contributed by atoms with van der Waals surface area (Å²) in [7, 11) is 0. The van der Waals surface area contributed by atoms with E-state index in [1.54, 1.807) is 6.20 Å². The molecule has 1 fully saturated rings. The van der Waals surface area contributed by atoms with Crippen LogP contribution in [0, 0.1) is 0 Å². The van der Waals surface area contributed by atoms with Crippen molar-refractivity contribution in [3.63, 3.8) is 0 Å². The van der Waals surface area contributed by atoms with Crippen molar-refractivity contribution in [2.75, 3.05) is 37.8 Å². The van der Waals surface area contributed by atoms with Crippen molar-refractivity contribution in [3.8, 4) is 5.88 Å². The standard InChI is InChI=1S/C21H27N3O3/c1-2-3-13-27-21-18(5-4-10-22-21)16-23-20(25)17-6-8-19(9-7-17)24-11-14-26-15-12-24/h4-10H,2-3,11-16H2,1H3,(H,23,25). The second-order valence-electron chi connectivity index (χ2n) is 6.50. The number of ether oxygens (including phenoxy) is 2. The van der Waals surface area contributed by atoms with Gasteiger partial charge in [0.2, 0.25) is 5.88 Å². The number of carbonyl (C=O) groups is 1. The Labute approximate surface area is 160 Å². The molecule has 0 bridgehead atoms. The lowest BCUT2D eigenvalue weighted by Crippen LogP contribution is -2.36. The summed E-state index contributed by atoms with van der Waals surface area (Å²) in [6, 6.07) is 11.5. The summed E-state index contributed by atoms with van der Waals surface area (Å²) < 4.78 is 11.1. The number of benzene rings is 1. The zero-order valence-electron chi connectivity index (χ0n) is 15.8. The van der Waals surface area contributed by atoms with Crippen LogP contribution >= 0.6 is 0 Å². The highest BCUT2D eigenvalue weighted by molar-refractivity contribution is 5.94. The van der Waals surface area contributed by atoms with E-state index in [0.717, 1.165) is 50.4 Å². The number of amides is 1. The Hall–Kier alpha value is -2.60. The summed E-state index contributed by atoms with van der Waals surface area (Å²) in [4.78, 5) is 19.0. The zero-order chi connectivity index (χ0) is 18.9. The van der Waals surface area contributed by atoms with E-state index in [4.69, 9.17) is 9.47 Å². The van der Waals surface area contributed by atoms with Gasteiger partial charge in [-0.05, 0) is 36.8 Å². The maximum absolute atomic E-state index is 12.5. The van der Waals surface area contributed by atoms with Crippen molar-refractivity contribution in [1.29, 1.82) is 0 Å². The SMILES string of the molecule is CCCCOc1ncccc1CNC(=O)c1ccc(N2CCOCC2)cc1. The molecular formula is C21H27N3O3. The topological polar surface area (TPSA) is 63.7 Å². The Morgan fingerprint density at radius 2 is 2.00 bits per heavy atom. The number of rotatable bonds is 8. The van der Waals surface area contributed by atoms with Crippen LogP contribution in [0.5, 0.6) is 5.88 Å². The third-order valence-electron chi connectivity index (χ3n) is 4.53. The van der Waals surface area contributed by atoms with Crippen LogP contribution < -0.4 is 15.0 Å². The van der Waals surface area contributed by atoms with Crippen LogP contribution in [0.15, 0.2) is 42.6 Å². The molecule has 6 nitrogen and oxygen atoms in total. The van der Waals surface area contributed by atoms with Gasteiger partial charge in [0.25, 0.3) is 5.91 Å². The number of unbranched alkanes of at least 4 members (excludes halogenated alkanes) is 1. The normalized spacial score (nSPS) is 14.0. The predicted molar refractivity (Wildman–Crippen MR) is 105 cm³/mol. The van der Waals surface area contributed by atoms with Gasteiger partial charge in [0.1, 0.15) is 0 Å². The Bertz CT molecular complexity index is 728. The summed E-state index contributed by atoms with van der Waals surface area (Å²) >= 11 is 0. The van der Waals surface area contributed by atoms with Gasteiger partial charge in [0, 0.05) is 42.6 Å². The molecule has 1 saturated heterocycles. The smallest absolute Gasteiger partial charge is 0.251 e. The Morgan fingerprint density at radius 3 is 2.74 bits per heavy atom. The molecule has 0 unspecified atom stereocenters. The first-order valence-corrected chi connectivity index (χ1v) is 9.55. The van der Waals surface area contributed by atoms with Crippen LogP contribution in [-0.2, 0) is 11.3 Å². The van der Waals surface area contributed by atoms with Crippen molar-refractivity contribution in [1.82, 2.24) is 10.3 Å². The van der Waals surface area contributed by atoms with Gasteiger partial charge in [-0.3, -0.25) is 4.79 Å². The number of aromatic nitrogens is 1. The molecule has 3 rings (SSSR count). The minimum absolute atomic E-state index is 0.105. The maximum atomic E-state index is 12.5. The number of nitrogens with one attached hydrogen (secondary N) is 1. The van der Waals surface area contributed by atoms with Gasteiger partial charge in [0.15, 0.2) is 0 Å². The predicted octanol–water partition coefficient (Wildman–Crippen LogP) is 3.03. The van der Waals surface area contributed by atoms with Gasteiger partial charge in [-0.25, -0.2) is 4.98 Å². The first-order valence-electron chi connectivity index (χ1n) is 9.55. The minimum Gasteiger partial charge on any atom is -0.477 e. The number of hydrogen-bond donors (Lipinski definition) is 1. The van der Waals surface area contributed by atoms with Crippen LogP contribution in [0.1, 0.15) is 35.7 Å². The van der Waals surface area contributed by atoms with E-state index >= 15 is 0 Å². The quantitative estimate of drug-likeness (QED) is 0.725. The van der Waals surface area contributed by atoms with E-state index < -0.39 is 0 Å². The van der Waals surface area contributed by atoms with Crippen molar-refractivity contribution in [2.45, 2.75) is 26.3 Å². The van der Waals surface area contributed by atoms with E-state index in [0.29, 0.717) is 24.6 Å². The number of pyridine rings is 1. The van der Waals surface area contributed by atoms with E-state index in [1.165, 1.54) is 0 Å². The fourth-order valence-corrected chi connectivity index (χ4v) is 2.92. The second kappa shape index (κ2) is 9.92. The fourth-order valence-electron chi connectivity index (χ4n) is 2.92. The molecule has 1 N–H and O–H groups in total. The first kappa shape index (κ1) is 19.2. The lowest BCUT2D eigenvalue weighted by Gasteiger charge is -2.28. The molecule has 0 atom stereocenters. The van der Waals surface area contributed by atoms with E-state index in [-0.39, 0.29) is 5.91 Å². The van der Waals surface area contributed by atoms with E-state index in [9.17, 15) is 4.79 Å². The van der Waals surface area contributed by atoms with Crippen molar-refractivity contribution in [2.24, 2.45) is 0 Å². The van der Waals surface area contributed by atoms with Crippen molar-refractivity contribution >= 4 is 11.6 Å². The Kier molecular flexibility index (Phi) is 7.04. The van der Waals surface area contributed by atoms with Gasteiger partial charge in [-0.1, -0.05) is 19.4 Å². The summed E-state index contributed by atoms with van der Waals surface area (Å²) in [5.74, 6) is 0.487. The highest BCUT2D eigenvalue weighted by atomic mass is 16.5. The van der Waals surface area contributed by atoms with Crippen LogP contribution in [0.2, 0.25) is 0 Å². The summed E-state index contributed by atoms with van der Waals surface area (Å²) in [5.41, 5.74) is 2.64. The molecule has 1 aromatic carbocycles. The average Bonchev–Trinajstić information content (AvgIpc) is 2.74. The average molecular weight is 369 g/mol. The highest BCUT2D eigenvalue weighted by Gasteiger charge is 2.13. The molecule has 1 aliphatic rings. The van der Waals surface area contributed by atoms with Crippen LogP contribution in [-0.4, -0.2) is 43.8 Å². The lowest BCUT2D eigenvalue weighted by atomic mass is 10.1. The monoisotopic (exact) mass is 369 g/mol.